The normalized spacial score (nSPS) is 11.3. The molecule has 26 heavy (non-hydrogen) atoms. The number of nitrogens with one attached hydrogen (secondary N) is 2. The van der Waals surface area contributed by atoms with E-state index in [1.54, 1.807) is 10.9 Å². The number of aromatic nitrogens is 2. The second kappa shape index (κ2) is 7.04. The van der Waals surface area contributed by atoms with E-state index in [4.69, 9.17) is 0 Å². The number of hydrogen-bond acceptors (Lipinski definition) is 3. The Kier molecular flexibility index (Phi) is 4.80. The third-order valence-electron chi connectivity index (χ3n) is 4.63. The van der Waals surface area contributed by atoms with Gasteiger partial charge in [0.15, 0.2) is 0 Å². The Morgan fingerprint density at radius 2 is 1.73 bits per heavy atom. The van der Waals surface area contributed by atoms with Crippen molar-refractivity contribution < 1.29 is 0 Å². The summed E-state index contributed by atoms with van der Waals surface area (Å²) in [4.78, 5) is 12.8. The molecule has 0 saturated carbocycles. The molecule has 0 saturated heterocycles. The first-order valence-corrected chi connectivity index (χ1v) is 8.62. The van der Waals surface area contributed by atoms with Crippen molar-refractivity contribution in [3.8, 4) is 5.69 Å². The third kappa shape index (κ3) is 3.47. The van der Waals surface area contributed by atoms with Gasteiger partial charge in [0, 0.05) is 5.69 Å². The zero-order valence-electron chi connectivity index (χ0n) is 15.8. The number of H-pyrrole nitrogens is 1. The van der Waals surface area contributed by atoms with Gasteiger partial charge in [-0.05, 0) is 69.5 Å². The van der Waals surface area contributed by atoms with Crippen LogP contribution in [0.5, 0.6) is 0 Å². The van der Waals surface area contributed by atoms with E-state index in [1.807, 2.05) is 51.1 Å². The van der Waals surface area contributed by atoms with Crippen LogP contribution in [-0.4, -0.2) is 16.0 Å². The molecule has 0 fully saturated rings. The van der Waals surface area contributed by atoms with Crippen LogP contribution in [0.1, 0.15) is 33.5 Å². The van der Waals surface area contributed by atoms with E-state index < -0.39 is 0 Å². The van der Waals surface area contributed by atoms with Crippen LogP contribution in [0.3, 0.4) is 0 Å². The molecule has 0 atom stereocenters. The molecule has 3 aromatic rings. The molecule has 3 rings (SSSR count). The summed E-state index contributed by atoms with van der Waals surface area (Å²) in [6.45, 7) is 10.0. The Morgan fingerprint density at radius 3 is 2.42 bits per heavy atom. The smallest absolute Gasteiger partial charge is 0.280 e. The van der Waals surface area contributed by atoms with Gasteiger partial charge < -0.3 is 0 Å². The summed E-state index contributed by atoms with van der Waals surface area (Å²) in [5, 5.41) is 7.38. The topological polar surface area (TPSA) is 62.2 Å². The van der Waals surface area contributed by atoms with Crippen molar-refractivity contribution in [1.29, 1.82) is 0 Å². The number of aromatic amines is 1. The lowest BCUT2D eigenvalue weighted by atomic mass is 10.1. The summed E-state index contributed by atoms with van der Waals surface area (Å²) in [5.74, 6) is 0. The molecule has 2 N–H and O–H groups in total. The number of benzene rings is 2. The molecule has 5 heteroatoms. The Balaban J connectivity index is 1.88. The molecule has 0 aliphatic rings. The molecule has 134 valence electrons. The van der Waals surface area contributed by atoms with E-state index in [2.05, 4.69) is 35.5 Å². The molecule has 0 spiro atoms. The van der Waals surface area contributed by atoms with E-state index in [0.29, 0.717) is 5.56 Å². The van der Waals surface area contributed by atoms with Crippen LogP contribution in [0.2, 0.25) is 0 Å². The second-order valence-electron chi connectivity index (χ2n) is 6.75. The molecule has 5 nitrogen and oxygen atoms in total. The maximum absolute atomic E-state index is 12.8. The van der Waals surface area contributed by atoms with Gasteiger partial charge in [-0.2, -0.15) is 5.10 Å². The molecule has 1 heterocycles. The van der Waals surface area contributed by atoms with E-state index >= 15 is 0 Å². The number of rotatable bonds is 4. The molecular formula is C21H24N4O. The molecular weight excluding hydrogens is 324 g/mol. The third-order valence-corrected chi connectivity index (χ3v) is 4.63. The van der Waals surface area contributed by atoms with Crippen LogP contribution in [-0.2, 0) is 0 Å². The van der Waals surface area contributed by atoms with Gasteiger partial charge in [0.05, 0.1) is 23.2 Å². The van der Waals surface area contributed by atoms with Crippen LogP contribution in [0, 0.1) is 34.6 Å². The van der Waals surface area contributed by atoms with Gasteiger partial charge in [0.2, 0.25) is 0 Å². The first kappa shape index (κ1) is 17.7. The minimum Gasteiger partial charge on any atom is -0.295 e. The minimum atomic E-state index is -0.114. The summed E-state index contributed by atoms with van der Waals surface area (Å²) >= 11 is 0. The van der Waals surface area contributed by atoms with Crippen LogP contribution >= 0.6 is 0 Å². The fourth-order valence-corrected chi connectivity index (χ4v) is 2.86. The van der Waals surface area contributed by atoms with Gasteiger partial charge in [-0.25, -0.2) is 4.68 Å². The lowest BCUT2D eigenvalue weighted by Crippen LogP contribution is -2.17. The maximum Gasteiger partial charge on any atom is 0.280 e. The molecule has 1 aromatic heterocycles. The quantitative estimate of drug-likeness (QED) is 0.549. The number of hydrogen-bond donors (Lipinski definition) is 2. The second-order valence-corrected chi connectivity index (χ2v) is 6.75. The van der Waals surface area contributed by atoms with Gasteiger partial charge in [0.25, 0.3) is 5.56 Å². The zero-order chi connectivity index (χ0) is 18.8. The van der Waals surface area contributed by atoms with Crippen molar-refractivity contribution in [3.05, 3.63) is 80.3 Å². The molecule has 0 aliphatic heterocycles. The average Bonchev–Trinajstić information content (AvgIpc) is 2.87. The van der Waals surface area contributed by atoms with Crippen LogP contribution in [0.15, 0.2) is 46.3 Å². The van der Waals surface area contributed by atoms with E-state index in [1.165, 1.54) is 11.1 Å². The van der Waals surface area contributed by atoms with E-state index in [-0.39, 0.29) is 5.56 Å². The fraction of sp³-hybridized carbons (Fsp3) is 0.238. The Morgan fingerprint density at radius 1 is 0.962 bits per heavy atom. The Labute approximate surface area is 153 Å². The van der Waals surface area contributed by atoms with Gasteiger partial charge in [0.1, 0.15) is 0 Å². The van der Waals surface area contributed by atoms with Crippen molar-refractivity contribution in [2.24, 2.45) is 5.10 Å². The van der Waals surface area contributed by atoms with Crippen molar-refractivity contribution >= 4 is 11.9 Å². The lowest BCUT2D eigenvalue weighted by molar-refractivity contribution is 0.833. The summed E-state index contributed by atoms with van der Waals surface area (Å²) < 4.78 is 1.56. The van der Waals surface area contributed by atoms with Gasteiger partial charge in [-0.15, -0.1) is 0 Å². The molecule has 0 amide bonds. The van der Waals surface area contributed by atoms with Crippen molar-refractivity contribution in [2.45, 2.75) is 34.6 Å². The van der Waals surface area contributed by atoms with E-state index in [0.717, 1.165) is 28.2 Å². The van der Waals surface area contributed by atoms with Gasteiger partial charge in [-0.3, -0.25) is 15.3 Å². The predicted molar refractivity (Wildman–Crippen MR) is 108 cm³/mol. The molecule has 0 bridgehead atoms. The van der Waals surface area contributed by atoms with Gasteiger partial charge in [-0.1, -0.05) is 23.8 Å². The van der Waals surface area contributed by atoms with Gasteiger partial charge >= 0.3 is 0 Å². The first-order chi connectivity index (χ1) is 12.4. The SMILES string of the molecule is Cc1ccc(NN=Cc2c(C)[nH]n(-c3ccc(C)c(C)c3)c2=O)c(C)c1. The first-order valence-electron chi connectivity index (χ1n) is 8.62. The molecule has 0 unspecified atom stereocenters. The maximum atomic E-state index is 12.8. The fourth-order valence-electron chi connectivity index (χ4n) is 2.86. The lowest BCUT2D eigenvalue weighted by Gasteiger charge is -2.05. The minimum absolute atomic E-state index is 0.114. The summed E-state index contributed by atoms with van der Waals surface area (Å²) in [6.07, 6.45) is 1.57. The summed E-state index contributed by atoms with van der Waals surface area (Å²) in [6, 6.07) is 12.1. The highest BCUT2D eigenvalue weighted by molar-refractivity contribution is 5.81. The van der Waals surface area contributed by atoms with Crippen LogP contribution in [0.4, 0.5) is 5.69 Å². The van der Waals surface area contributed by atoms with Crippen LogP contribution < -0.4 is 11.0 Å². The predicted octanol–water partition coefficient (Wildman–Crippen LogP) is 4.15. The number of anilines is 1. The van der Waals surface area contributed by atoms with Crippen molar-refractivity contribution in [1.82, 2.24) is 9.78 Å². The molecule has 0 radical (unpaired) electrons. The zero-order valence-corrected chi connectivity index (χ0v) is 15.8. The Hall–Kier alpha value is -3.08. The largest absolute Gasteiger partial charge is 0.295 e. The highest BCUT2D eigenvalue weighted by Gasteiger charge is 2.11. The summed E-state index contributed by atoms with van der Waals surface area (Å²) in [7, 11) is 0. The Bertz CT molecular complexity index is 1040. The number of aryl methyl sites for hydroxylation is 5. The molecule has 2 aromatic carbocycles. The van der Waals surface area contributed by atoms with Crippen LogP contribution in [0.25, 0.3) is 5.69 Å². The standard InChI is InChI=1S/C21H24N4O/c1-13-6-9-20(16(4)10-13)23-22-12-19-17(5)24-25(21(19)26)18-8-7-14(2)15(3)11-18/h6-12,23-24H,1-5H3. The van der Waals surface area contributed by atoms with E-state index in [9.17, 15) is 4.79 Å². The molecule has 0 aliphatic carbocycles. The van der Waals surface area contributed by atoms with Crippen molar-refractivity contribution in [3.63, 3.8) is 0 Å². The highest BCUT2D eigenvalue weighted by Crippen LogP contribution is 2.16. The van der Waals surface area contributed by atoms with Crippen molar-refractivity contribution in [2.75, 3.05) is 5.43 Å². The highest BCUT2D eigenvalue weighted by atomic mass is 16.1. The number of hydrazone groups is 1. The number of nitrogens with zero attached hydrogens (tertiary/aromatic N) is 2. The monoisotopic (exact) mass is 348 g/mol. The average molecular weight is 348 g/mol. The summed E-state index contributed by atoms with van der Waals surface area (Å²) in [5.41, 5.74) is 10.6.